The van der Waals surface area contributed by atoms with Gasteiger partial charge in [-0.05, 0) is 24.3 Å². The second-order valence-corrected chi connectivity index (χ2v) is 9.09. The first kappa shape index (κ1) is 21.7. The number of aryl methyl sites for hydroxylation is 2. The van der Waals surface area contributed by atoms with E-state index in [1.54, 1.807) is 60.4 Å². The number of nitrogens with zero attached hydrogens (tertiary/aromatic N) is 4. The maximum absolute atomic E-state index is 12.8. The smallest absolute Gasteiger partial charge is 0.256 e. The maximum atomic E-state index is 12.8. The monoisotopic (exact) mass is 464 g/mol. The highest BCUT2D eigenvalue weighted by atomic mass is 33.1. The van der Waals surface area contributed by atoms with Crippen molar-refractivity contribution >= 4 is 44.8 Å². The molecule has 162 valence electrons. The number of carbonyl (C=O) groups excluding carboxylic acids is 2. The molecular formula is C22H20N6O2S2. The number of anilines is 2. The zero-order valence-electron chi connectivity index (χ0n) is 17.4. The number of benzene rings is 2. The van der Waals surface area contributed by atoms with Crippen LogP contribution in [0.3, 0.4) is 0 Å². The molecule has 32 heavy (non-hydrogen) atoms. The van der Waals surface area contributed by atoms with Crippen LogP contribution in [0.15, 0.2) is 83.1 Å². The van der Waals surface area contributed by atoms with Crippen molar-refractivity contribution in [2.75, 3.05) is 10.6 Å². The molecule has 2 amide bonds. The molecule has 0 fully saturated rings. The summed E-state index contributed by atoms with van der Waals surface area (Å²) >= 11 is 0. The van der Waals surface area contributed by atoms with E-state index in [-0.39, 0.29) is 11.8 Å². The van der Waals surface area contributed by atoms with Crippen molar-refractivity contribution in [3.8, 4) is 0 Å². The molecule has 8 nitrogen and oxygen atoms in total. The van der Waals surface area contributed by atoms with Crippen molar-refractivity contribution < 1.29 is 9.59 Å². The fraction of sp³-hybridized carbons (Fsp3) is 0.0909. The summed E-state index contributed by atoms with van der Waals surface area (Å²) in [4.78, 5) is 27.2. The Hall–Kier alpha value is -3.50. The number of aromatic nitrogens is 4. The molecule has 0 aliphatic rings. The van der Waals surface area contributed by atoms with Crippen LogP contribution in [0.2, 0.25) is 0 Å². The third-order valence-corrected chi connectivity index (χ3v) is 6.89. The van der Waals surface area contributed by atoms with Crippen molar-refractivity contribution in [1.82, 2.24) is 19.6 Å². The van der Waals surface area contributed by atoms with Crippen LogP contribution < -0.4 is 10.6 Å². The topological polar surface area (TPSA) is 93.8 Å². The average molecular weight is 465 g/mol. The third kappa shape index (κ3) is 5.21. The minimum atomic E-state index is -0.218. The Bertz CT molecular complexity index is 1170. The van der Waals surface area contributed by atoms with Crippen LogP contribution in [0, 0.1) is 0 Å². The molecule has 4 aromatic rings. The minimum Gasteiger partial charge on any atom is -0.319 e. The van der Waals surface area contributed by atoms with Crippen molar-refractivity contribution in [3.05, 3.63) is 84.4 Å². The molecule has 0 unspecified atom stereocenters. The van der Waals surface area contributed by atoms with Crippen LogP contribution in [0.4, 0.5) is 11.4 Å². The predicted molar refractivity (Wildman–Crippen MR) is 127 cm³/mol. The lowest BCUT2D eigenvalue weighted by Crippen LogP contribution is -2.13. The summed E-state index contributed by atoms with van der Waals surface area (Å²) in [5.41, 5.74) is 2.35. The maximum Gasteiger partial charge on any atom is 0.256 e. The highest BCUT2D eigenvalue weighted by Crippen LogP contribution is 2.40. The van der Waals surface area contributed by atoms with E-state index >= 15 is 0 Å². The second-order valence-electron chi connectivity index (χ2n) is 6.87. The predicted octanol–water partition coefficient (Wildman–Crippen LogP) is 4.46. The van der Waals surface area contributed by atoms with Gasteiger partial charge in [0.1, 0.15) is 0 Å². The molecule has 4 rings (SSSR count). The highest BCUT2D eigenvalue weighted by Gasteiger charge is 2.16. The van der Waals surface area contributed by atoms with Crippen LogP contribution in [0.25, 0.3) is 0 Å². The number of hydrogen-bond acceptors (Lipinski definition) is 6. The van der Waals surface area contributed by atoms with Gasteiger partial charge in [0, 0.05) is 36.3 Å². The summed E-state index contributed by atoms with van der Waals surface area (Å²) in [6, 6.07) is 14.7. The van der Waals surface area contributed by atoms with E-state index in [1.807, 2.05) is 36.4 Å². The number of rotatable bonds is 7. The molecule has 10 heteroatoms. The molecule has 0 spiro atoms. The first-order valence-corrected chi connectivity index (χ1v) is 11.8. The molecule has 0 bridgehead atoms. The molecule has 2 heterocycles. The van der Waals surface area contributed by atoms with E-state index in [1.165, 1.54) is 21.6 Å². The zero-order chi connectivity index (χ0) is 22.5. The van der Waals surface area contributed by atoms with Gasteiger partial charge >= 0.3 is 0 Å². The van der Waals surface area contributed by atoms with E-state index in [9.17, 15) is 9.59 Å². The number of nitrogens with one attached hydrogen (secondary N) is 2. The first-order chi connectivity index (χ1) is 15.5. The second kappa shape index (κ2) is 9.75. The van der Waals surface area contributed by atoms with Gasteiger partial charge in [0.05, 0.1) is 34.9 Å². The fourth-order valence-corrected chi connectivity index (χ4v) is 5.27. The van der Waals surface area contributed by atoms with Crippen LogP contribution in [0.1, 0.15) is 20.7 Å². The third-order valence-electron chi connectivity index (χ3n) is 4.41. The van der Waals surface area contributed by atoms with Crippen molar-refractivity contribution in [2.45, 2.75) is 9.79 Å². The van der Waals surface area contributed by atoms with Crippen molar-refractivity contribution in [3.63, 3.8) is 0 Å². The Labute approximate surface area is 192 Å². The summed E-state index contributed by atoms with van der Waals surface area (Å²) in [5.74, 6) is -0.436. The Kier molecular flexibility index (Phi) is 6.62. The van der Waals surface area contributed by atoms with Gasteiger partial charge in [-0.3, -0.25) is 19.0 Å². The molecule has 0 radical (unpaired) electrons. The Morgan fingerprint density at radius 3 is 1.50 bits per heavy atom. The molecule has 2 aromatic carbocycles. The summed E-state index contributed by atoms with van der Waals surface area (Å²) in [7, 11) is 6.43. The fourth-order valence-electron chi connectivity index (χ4n) is 2.91. The number of hydrogen-bond donors (Lipinski definition) is 2. The molecule has 2 aromatic heterocycles. The summed E-state index contributed by atoms with van der Waals surface area (Å²) in [5, 5.41) is 13.9. The number of carbonyl (C=O) groups is 2. The van der Waals surface area contributed by atoms with E-state index in [4.69, 9.17) is 0 Å². The summed E-state index contributed by atoms with van der Waals surface area (Å²) in [6.45, 7) is 0. The first-order valence-electron chi connectivity index (χ1n) is 9.62. The van der Waals surface area contributed by atoms with Crippen LogP contribution in [-0.2, 0) is 14.1 Å². The van der Waals surface area contributed by atoms with Crippen LogP contribution in [-0.4, -0.2) is 31.4 Å². The summed E-state index contributed by atoms with van der Waals surface area (Å²) in [6.07, 6.45) is 6.66. The van der Waals surface area contributed by atoms with Gasteiger partial charge in [-0.15, -0.1) is 0 Å². The van der Waals surface area contributed by atoms with Crippen LogP contribution >= 0.6 is 21.6 Å². The molecule has 0 atom stereocenters. The average Bonchev–Trinajstić information content (AvgIpc) is 3.39. The van der Waals surface area contributed by atoms with E-state index in [0.717, 1.165) is 9.79 Å². The molecule has 0 saturated carbocycles. The van der Waals surface area contributed by atoms with E-state index in [2.05, 4.69) is 20.8 Å². The molecule has 0 aliphatic carbocycles. The van der Waals surface area contributed by atoms with Gasteiger partial charge in [-0.1, -0.05) is 45.9 Å². The van der Waals surface area contributed by atoms with Gasteiger partial charge in [0.15, 0.2) is 0 Å². The largest absolute Gasteiger partial charge is 0.319 e. The lowest BCUT2D eigenvalue weighted by atomic mass is 10.2. The van der Waals surface area contributed by atoms with Gasteiger partial charge in [0.25, 0.3) is 11.8 Å². The lowest BCUT2D eigenvalue weighted by Gasteiger charge is -2.11. The minimum absolute atomic E-state index is 0.218. The quantitative estimate of drug-likeness (QED) is 0.392. The van der Waals surface area contributed by atoms with Gasteiger partial charge in [-0.2, -0.15) is 10.2 Å². The standard InChI is InChI=1S/C22H20N6O2S2/c1-27-13-15(11-23-27)25-21(29)17-7-3-5-9-19(17)31-32-20-10-6-4-8-18(20)22(30)26-16-12-24-28(2)14-16/h3-14H,1-2H3,(H,25,29)(H,26,30). The number of amides is 2. The SMILES string of the molecule is Cn1cc(NC(=O)c2ccccc2SSc2ccccc2C(=O)Nc2cnn(C)c2)cn1. The summed E-state index contributed by atoms with van der Waals surface area (Å²) < 4.78 is 3.25. The highest BCUT2D eigenvalue weighted by molar-refractivity contribution is 8.76. The van der Waals surface area contributed by atoms with Gasteiger partial charge in [0.2, 0.25) is 0 Å². The molecular weight excluding hydrogens is 444 g/mol. The van der Waals surface area contributed by atoms with Crippen molar-refractivity contribution in [1.29, 1.82) is 0 Å². The normalized spacial score (nSPS) is 10.7. The Balaban J connectivity index is 1.48. The Morgan fingerprint density at radius 2 is 1.12 bits per heavy atom. The molecule has 0 saturated heterocycles. The molecule has 2 N–H and O–H groups in total. The Morgan fingerprint density at radius 1 is 0.719 bits per heavy atom. The lowest BCUT2D eigenvalue weighted by molar-refractivity contribution is 0.101. The van der Waals surface area contributed by atoms with E-state index < -0.39 is 0 Å². The molecule has 0 aliphatic heterocycles. The van der Waals surface area contributed by atoms with Crippen molar-refractivity contribution in [2.24, 2.45) is 14.1 Å². The van der Waals surface area contributed by atoms with Crippen LogP contribution in [0.5, 0.6) is 0 Å². The van der Waals surface area contributed by atoms with Gasteiger partial charge in [-0.25, -0.2) is 0 Å². The zero-order valence-corrected chi connectivity index (χ0v) is 19.0. The van der Waals surface area contributed by atoms with E-state index in [0.29, 0.717) is 22.5 Å². The van der Waals surface area contributed by atoms with Gasteiger partial charge < -0.3 is 10.6 Å².